The van der Waals surface area contributed by atoms with Crippen LogP contribution in [0.3, 0.4) is 0 Å². The number of likely N-dealkylation sites (tertiary alicyclic amines) is 1. The Hall–Kier alpha value is -2.37. The summed E-state index contributed by atoms with van der Waals surface area (Å²) in [4.78, 5) is 20.3. The third-order valence-corrected chi connectivity index (χ3v) is 6.47. The second-order valence-electron chi connectivity index (χ2n) is 8.96. The Morgan fingerprint density at radius 3 is 2.52 bits per heavy atom. The molecular weight excluding hydrogens is 408 g/mol. The fourth-order valence-electron chi connectivity index (χ4n) is 4.28. The molecule has 0 saturated carbocycles. The number of fused-ring (bicyclic) bond motifs is 1. The van der Waals surface area contributed by atoms with Crippen LogP contribution in [0.1, 0.15) is 67.3 Å². The molecule has 1 aliphatic rings. The minimum absolute atomic E-state index is 0.0751. The Labute approximate surface area is 189 Å². The van der Waals surface area contributed by atoms with E-state index < -0.39 is 0 Å². The second kappa shape index (κ2) is 9.41. The van der Waals surface area contributed by atoms with Crippen LogP contribution in [0.25, 0.3) is 5.65 Å². The lowest BCUT2D eigenvalue weighted by molar-refractivity contribution is 0.0943. The maximum Gasteiger partial charge on any atom is 0.268 e. The van der Waals surface area contributed by atoms with Gasteiger partial charge in [-0.15, -0.1) is 0 Å². The summed E-state index contributed by atoms with van der Waals surface area (Å²) in [6.07, 6.45) is 4.25. The van der Waals surface area contributed by atoms with Crippen LogP contribution in [-0.4, -0.2) is 39.8 Å². The Morgan fingerprint density at radius 2 is 1.87 bits per heavy atom. The smallest absolute Gasteiger partial charge is 0.268 e. The number of carbonyl (C=O) groups is 1. The Morgan fingerprint density at radius 1 is 1.13 bits per heavy atom. The molecule has 164 valence electrons. The molecule has 1 saturated heterocycles. The van der Waals surface area contributed by atoms with Crippen LogP contribution >= 0.6 is 11.6 Å². The van der Waals surface area contributed by atoms with Gasteiger partial charge in [-0.05, 0) is 55.5 Å². The Balaban J connectivity index is 1.51. The van der Waals surface area contributed by atoms with Crippen molar-refractivity contribution in [1.29, 1.82) is 0 Å². The molecule has 5 nitrogen and oxygen atoms in total. The summed E-state index contributed by atoms with van der Waals surface area (Å²) in [7, 11) is 0. The van der Waals surface area contributed by atoms with Crippen molar-refractivity contribution < 1.29 is 4.79 Å². The van der Waals surface area contributed by atoms with E-state index in [0.717, 1.165) is 35.9 Å². The van der Waals surface area contributed by atoms with E-state index in [-0.39, 0.29) is 17.9 Å². The Bertz CT molecular complexity index is 1040. The number of hydrogen-bond acceptors (Lipinski definition) is 3. The molecule has 1 aromatic carbocycles. The van der Waals surface area contributed by atoms with Gasteiger partial charge in [0.05, 0.1) is 11.7 Å². The van der Waals surface area contributed by atoms with Gasteiger partial charge < -0.3 is 5.32 Å². The van der Waals surface area contributed by atoms with E-state index in [1.165, 1.54) is 12.0 Å². The van der Waals surface area contributed by atoms with Gasteiger partial charge in [0, 0.05) is 36.8 Å². The van der Waals surface area contributed by atoms with E-state index in [0.29, 0.717) is 18.2 Å². The van der Waals surface area contributed by atoms with Crippen LogP contribution in [0.2, 0.25) is 5.02 Å². The van der Waals surface area contributed by atoms with E-state index in [1.807, 2.05) is 40.9 Å². The molecular formula is C25H31ClN4O. The van der Waals surface area contributed by atoms with Crippen molar-refractivity contribution in [2.45, 2.75) is 45.6 Å². The first-order valence-electron chi connectivity index (χ1n) is 11.2. The number of rotatable bonds is 8. The first-order valence-corrected chi connectivity index (χ1v) is 11.6. The number of imidazole rings is 1. The topological polar surface area (TPSA) is 49.6 Å². The van der Waals surface area contributed by atoms with E-state index in [1.54, 1.807) is 0 Å². The van der Waals surface area contributed by atoms with Crippen molar-refractivity contribution in [3.63, 3.8) is 0 Å². The molecule has 0 spiro atoms. The highest BCUT2D eigenvalue weighted by molar-refractivity contribution is 6.30. The number of benzene rings is 1. The van der Waals surface area contributed by atoms with Crippen LogP contribution in [0, 0.1) is 5.92 Å². The number of pyridine rings is 1. The molecule has 0 aliphatic carbocycles. The van der Waals surface area contributed by atoms with Gasteiger partial charge >= 0.3 is 0 Å². The summed E-state index contributed by atoms with van der Waals surface area (Å²) in [5.74, 6) is 0.694. The molecule has 0 bridgehead atoms. The van der Waals surface area contributed by atoms with Gasteiger partial charge in [-0.2, -0.15) is 0 Å². The average molecular weight is 439 g/mol. The zero-order valence-electron chi connectivity index (χ0n) is 18.5. The number of nitrogens with zero attached hydrogens (tertiary/aromatic N) is 3. The Kier molecular flexibility index (Phi) is 6.63. The predicted octanol–water partition coefficient (Wildman–Crippen LogP) is 5.31. The van der Waals surface area contributed by atoms with Gasteiger partial charge in [-0.3, -0.25) is 14.1 Å². The molecule has 1 N–H and O–H groups in total. The van der Waals surface area contributed by atoms with E-state index in [2.05, 4.69) is 43.1 Å². The van der Waals surface area contributed by atoms with Gasteiger partial charge in [0.25, 0.3) is 5.91 Å². The molecule has 1 amide bonds. The first kappa shape index (κ1) is 21.8. The highest BCUT2D eigenvalue weighted by Crippen LogP contribution is 2.26. The standard InChI is InChI=1S/C25H31ClN4O/c1-17(2)14-20(19-8-10-21(26)11-9-19)15-27-25(31)23-6-4-7-24-28-22(16-30(23)24)18(3)29-12-5-13-29/h4,6-11,16-18,20H,5,12-15H2,1-3H3,(H,27,31). The molecule has 3 aromatic rings. The fraction of sp³-hybridized carbons (Fsp3) is 0.440. The van der Waals surface area contributed by atoms with Crippen LogP contribution in [0.15, 0.2) is 48.7 Å². The number of amides is 1. The van der Waals surface area contributed by atoms with Gasteiger partial charge in [0.1, 0.15) is 11.3 Å². The molecule has 2 unspecified atom stereocenters. The van der Waals surface area contributed by atoms with Crippen LogP contribution in [0.5, 0.6) is 0 Å². The number of nitrogens with one attached hydrogen (secondary N) is 1. The molecule has 0 radical (unpaired) electrons. The van der Waals surface area contributed by atoms with Gasteiger partial charge in [0.15, 0.2) is 0 Å². The summed E-state index contributed by atoms with van der Waals surface area (Å²) in [5, 5.41) is 3.89. The van der Waals surface area contributed by atoms with Crippen molar-refractivity contribution in [3.05, 3.63) is 70.6 Å². The highest BCUT2D eigenvalue weighted by atomic mass is 35.5. The summed E-state index contributed by atoms with van der Waals surface area (Å²) in [6, 6.07) is 13.9. The molecule has 2 atom stereocenters. The lowest BCUT2D eigenvalue weighted by atomic mass is 9.90. The van der Waals surface area contributed by atoms with Crippen molar-refractivity contribution in [1.82, 2.24) is 19.6 Å². The van der Waals surface area contributed by atoms with Crippen molar-refractivity contribution in [2.24, 2.45) is 5.92 Å². The zero-order chi connectivity index (χ0) is 22.0. The van der Waals surface area contributed by atoms with Gasteiger partial charge in [0.2, 0.25) is 0 Å². The first-order chi connectivity index (χ1) is 14.9. The summed E-state index contributed by atoms with van der Waals surface area (Å²) in [5.41, 5.74) is 3.64. The minimum Gasteiger partial charge on any atom is -0.350 e. The third-order valence-electron chi connectivity index (χ3n) is 6.22. The van der Waals surface area contributed by atoms with Gasteiger partial charge in [-0.1, -0.05) is 43.6 Å². The lowest BCUT2D eigenvalue weighted by Crippen LogP contribution is -2.39. The third kappa shape index (κ3) is 4.94. The molecule has 1 fully saturated rings. The van der Waals surface area contributed by atoms with E-state index in [4.69, 9.17) is 16.6 Å². The molecule has 2 aromatic heterocycles. The lowest BCUT2D eigenvalue weighted by Gasteiger charge is -2.35. The van der Waals surface area contributed by atoms with E-state index in [9.17, 15) is 4.79 Å². The summed E-state index contributed by atoms with van der Waals surface area (Å²) < 4.78 is 1.92. The quantitative estimate of drug-likeness (QED) is 0.518. The fourth-order valence-corrected chi connectivity index (χ4v) is 4.40. The predicted molar refractivity (Wildman–Crippen MR) is 126 cm³/mol. The highest BCUT2D eigenvalue weighted by Gasteiger charge is 2.24. The molecule has 31 heavy (non-hydrogen) atoms. The van der Waals surface area contributed by atoms with Crippen molar-refractivity contribution in [2.75, 3.05) is 19.6 Å². The average Bonchev–Trinajstić information content (AvgIpc) is 3.14. The summed E-state index contributed by atoms with van der Waals surface area (Å²) in [6.45, 7) is 9.41. The maximum absolute atomic E-state index is 13.1. The normalized spacial score (nSPS) is 16.3. The zero-order valence-corrected chi connectivity index (χ0v) is 19.3. The number of carbonyl (C=O) groups excluding carboxylic acids is 1. The van der Waals surface area contributed by atoms with Crippen molar-refractivity contribution >= 4 is 23.2 Å². The number of aromatic nitrogens is 2. The van der Waals surface area contributed by atoms with Gasteiger partial charge in [-0.25, -0.2) is 4.98 Å². The number of halogens is 1. The van der Waals surface area contributed by atoms with Crippen LogP contribution in [-0.2, 0) is 0 Å². The summed E-state index contributed by atoms with van der Waals surface area (Å²) >= 11 is 6.06. The molecule has 1 aliphatic heterocycles. The molecule has 4 rings (SSSR count). The number of hydrogen-bond donors (Lipinski definition) is 1. The van der Waals surface area contributed by atoms with Crippen LogP contribution < -0.4 is 5.32 Å². The molecule has 6 heteroatoms. The molecule has 3 heterocycles. The van der Waals surface area contributed by atoms with E-state index >= 15 is 0 Å². The SMILES string of the molecule is CC(C)CC(CNC(=O)c1cccc2nc(C(C)N3CCC3)cn12)c1ccc(Cl)cc1. The maximum atomic E-state index is 13.1. The minimum atomic E-state index is -0.0751. The van der Waals surface area contributed by atoms with Crippen LogP contribution in [0.4, 0.5) is 0 Å². The largest absolute Gasteiger partial charge is 0.350 e. The van der Waals surface area contributed by atoms with Crippen molar-refractivity contribution in [3.8, 4) is 0 Å². The second-order valence-corrected chi connectivity index (χ2v) is 9.39. The monoisotopic (exact) mass is 438 g/mol.